The van der Waals surface area contributed by atoms with Crippen molar-refractivity contribution in [2.24, 2.45) is 5.92 Å². The lowest BCUT2D eigenvalue weighted by Crippen LogP contribution is -2.37. The standard InChI is InChI=1S/C15H18N4O2/c1-2-19-10-17-18-14(19)8-16-15(20)12-7-11-5-3-4-6-13(11)21-9-12/h3-6,10,12H,2,7-9H2,1H3,(H,16,20)/t12-/m1/s1. The molecule has 1 aliphatic heterocycles. The van der Waals surface area contributed by atoms with Crippen LogP contribution in [0.4, 0.5) is 0 Å². The summed E-state index contributed by atoms with van der Waals surface area (Å²) < 4.78 is 7.55. The Hall–Kier alpha value is -2.37. The van der Waals surface area contributed by atoms with Crippen molar-refractivity contribution < 1.29 is 9.53 Å². The summed E-state index contributed by atoms with van der Waals surface area (Å²) in [5.74, 6) is 1.49. The van der Waals surface area contributed by atoms with E-state index < -0.39 is 0 Å². The predicted molar refractivity (Wildman–Crippen MR) is 76.7 cm³/mol. The van der Waals surface area contributed by atoms with Crippen LogP contribution in [0.1, 0.15) is 18.3 Å². The monoisotopic (exact) mass is 286 g/mol. The minimum absolute atomic E-state index is 0.00449. The smallest absolute Gasteiger partial charge is 0.227 e. The third kappa shape index (κ3) is 2.89. The van der Waals surface area contributed by atoms with Crippen LogP contribution < -0.4 is 10.1 Å². The van der Waals surface area contributed by atoms with Crippen molar-refractivity contribution in [3.8, 4) is 5.75 Å². The zero-order valence-corrected chi connectivity index (χ0v) is 12.0. The van der Waals surface area contributed by atoms with E-state index in [1.807, 2.05) is 35.8 Å². The minimum atomic E-state index is -0.155. The normalized spacial score (nSPS) is 16.9. The molecule has 1 atom stereocenters. The number of amides is 1. The van der Waals surface area contributed by atoms with E-state index in [2.05, 4.69) is 15.5 Å². The van der Waals surface area contributed by atoms with Crippen LogP contribution in [0.3, 0.4) is 0 Å². The maximum Gasteiger partial charge on any atom is 0.227 e. The lowest BCUT2D eigenvalue weighted by molar-refractivity contribution is -0.126. The highest BCUT2D eigenvalue weighted by Gasteiger charge is 2.25. The van der Waals surface area contributed by atoms with Gasteiger partial charge < -0.3 is 14.6 Å². The van der Waals surface area contributed by atoms with Crippen molar-refractivity contribution in [1.29, 1.82) is 0 Å². The van der Waals surface area contributed by atoms with Gasteiger partial charge in [0.25, 0.3) is 0 Å². The van der Waals surface area contributed by atoms with Crippen molar-refractivity contribution in [2.75, 3.05) is 6.61 Å². The first-order chi connectivity index (χ1) is 10.3. The molecule has 2 aromatic rings. The summed E-state index contributed by atoms with van der Waals surface area (Å²) in [4.78, 5) is 12.3. The van der Waals surface area contributed by atoms with Gasteiger partial charge in [-0.25, -0.2) is 0 Å². The third-order valence-electron chi connectivity index (χ3n) is 3.71. The lowest BCUT2D eigenvalue weighted by atomic mass is 9.96. The van der Waals surface area contributed by atoms with E-state index >= 15 is 0 Å². The van der Waals surface area contributed by atoms with Crippen LogP contribution >= 0.6 is 0 Å². The highest BCUT2D eigenvalue weighted by molar-refractivity contribution is 5.79. The molecule has 1 amide bonds. The molecule has 6 heteroatoms. The van der Waals surface area contributed by atoms with E-state index in [9.17, 15) is 4.79 Å². The van der Waals surface area contributed by atoms with Gasteiger partial charge >= 0.3 is 0 Å². The van der Waals surface area contributed by atoms with Crippen LogP contribution in [0.25, 0.3) is 0 Å². The van der Waals surface area contributed by atoms with Crippen molar-refractivity contribution in [2.45, 2.75) is 26.4 Å². The highest BCUT2D eigenvalue weighted by Crippen LogP contribution is 2.26. The van der Waals surface area contributed by atoms with Crippen LogP contribution in [0.2, 0.25) is 0 Å². The van der Waals surface area contributed by atoms with Gasteiger partial charge in [-0.2, -0.15) is 0 Å². The Bertz CT molecular complexity index is 638. The first-order valence-corrected chi connectivity index (χ1v) is 7.13. The van der Waals surface area contributed by atoms with Crippen LogP contribution in [-0.2, 0) is 24.3 Å². The average molecular weight is 286 g/mol. The number of nitrogens with one attached hydrogen (secondary N) is 1. The molecule has 2 heterocycles. The summed E-state index contributed by atoms with van der Waals surface area (Å²) in [6.45, 7) is 3.62. The van der Waals surface area contributed by atoms with E-state index in [0.29, 0.717) is 19.6 Å². The maximum absolute atomic E-state index is 12.3. The number of aryl methyl sites for hydroxylation is 1. The molecule has 0 saturated carbocycles. The molecular formula is C15H18N4O2. The number of hydrogen-bond donors (Lipinski definition) is 1. The molecule has 0 radical (unpaired) electrons. The fraction of sp³-hybridized carbons (Fsp3) is 0.400. The Morgan fingerprint density at radius 3 is 3.19 bits per heavy atom. The van der Waals surface area contributed by atoms with Gasteiger partial charge in [0.05, 0.1) is 12.5 Å². The van der Waals surface area contributed by atoms with Crippen LogP contribution in [0.15, 0.2) is 30.6 Å². The van der Waals surface area contributed by atoms with E-state index in [-0.39, 0.29) is 11.8 Å². The number of hydrogen-bond acceptors (Lipinski definition) is 4. The first kappa shape index (κ1) is 13.6. The van der Waals surface area contributed by atoms with Crippen molar-refractivity contribution in [3.63, 3.8) is 0 Å². The second kappa shape index (κ2) is 5.95. The largest absolute Gasteiger partial charge is 0.492 e. The summed E-state index contributed by atoms with van der Waals surface area (Å²) in [6.07, 6.45) is 2.38. The molecule has 0 fully saturated rings. The van der Waals surface area contributed by atoms with Gasteiger partial charge in [0.2, 0.25) is 5.91 Å². The fourth-order valence-electron chi connectivity index (χ4n) is 2.49. The molecule has 0 saturated heterocycles. The molecule has 1 aromatic carbocycles. The number of ether oxygens (including phenoxy) is 1. The van der Waals surface area contributed by atoms with Gasteiger partial charge in [-0.3, -0.25) is 4.79 Å². The Kier molecular flexibility index (Phi) is 3.85. The Balaban J connectivity index is 1.60. The highest BCUT2D eigenvalue weighted by atomic mass is 16.5. The summed E-state index contributed by atoms with van der Waals surface area (Å²) in [5.41, 5.74) is 1.08. The van der Waals surface area contributed by atoms with E-state index in [1.165, 1.54) is 0 Å². The third-order valence-corrected chi connectivity index (χ3v) is 3.71. The SMILES string of the molecule is CCn1cnnc1CNC(=O)[C@H]1COc2ccccc2C1. The van der Waals surface area contributed by atoms with Gasteiger partial charge in [-0.15, -0.1) is 10.2 Å². The summed E-state index contributed by atoms with van der Waals surface area (Å²) in [5, 5.41) is 10.8. The van der Waals surface area contributed by atoms with Crippen LogP contribution in [0, 0.1) is 5.92 Å². The number of fused-ring (bicyclic) bond motifs is 1. The van der Waals surface area contributed by atoms with Crippen LogP contribution in [0.5, 0.6) is 5.75 Å². The quantitative estimate of drug-likeness (QED) is 0.916. The van der Waals surface area contributed by atoms with Gasteiger partial charge in [0.15, 0.2) is 5.82 Å². The summed E-state index contributed by atoms with van der Waals surface area (Å²) in [7, 11) is 0. The Labute approximate surface area is 123 Å². The Morgan fingerprint density at radius 1 is 1.48 bits per heavy atom. The fourth-order valence-corrected chi connectivity index (χ4v) is 2.49. The van der Waals surface area contributed by atoms with Crippen molar-refractivity contribution in [3.05, 3.63) is 42.0 Å². The number of para-hydroxylation sites is 1. The van der Waals surface area contributed by atoms with Gasteiger partial charge in [-0.05, 0) is 25.0 Å². The molecule has 0 spiro atoms. The molecule has 1 aromatic heterocycles. The van der Waals surface area contributed by atoms with Gasteiger partial charge in [-0.1, -0.05) is 18.2 Å². The topological polar surface area (TPSA) is 69.0 Å². The molecule has 3 rings (SSSR count). The molecule has 1 aliphatic rings. The molecule has 0 aliphatic carbocycles. The number of benzene rings is 1. The maximum atomic E-state index is 12.3. The molecular weight excluding hydrogens is 268 g/mol. The van der Waals surface area contributed by atoms with Gasteiger partial charge in [0.1, 0.15) is 18.7 Å². The lowest BCUT2D eigenvalue weighted by Gasteiger charge is -2.24. The summed E-state index contributed by atoms with van der Waals surface area (Å²) >= 11 is 0. The number of carbonyl (C=O) groups is 1. The van der Waals surface area contributed by atoms with Crippen molar-refractivity contribution >= 4 is 5.91 Å². The van der Waals surface area contributed by atoms with Gasteiger partial charge in [0, 0.05) is 6.54 Å². The number of rotatable bonds is 4. The Morgan fingerprint density at radius 2 is 2.33 bits per heavy atom. The molecule has 1 N–H and O–H groups in total. The van der Waals surface area contributed by atoms with E-state index in [1.54, 1.807) is 6.33 Å². The molecule has 6 nitrogen and oxygen atoms in total. The average Bonchev–Trinajstić information content (AvgIpc) is 2.99. The number of nitrogens with zero attached hydrogens (tertiary/aromatic N) is 3. The van der Waals surface area contributed by atoms with Crippen LogP contribution in [-0.4, -0.2) is 27.3 Å². The number of aromatic nitrogens is 3. The first-order valence-electron chi connectivity index (χ1n) is 7.13. The molecule has 0 bridgehead atoms. The summed E-state index contributed by atoms with van der Waals surface area (Å²) in [6, 6.07) is 7.85. The van der Waals surface area contributed by atoms with E-state index in [0.717, 1.165) is 23.7 Å². The molecule has 110 valence electrons. The minimum Gasteiger partial charge on any atom is -0.492 e. The molecule has 21 heavy (non-hydrogen) atoms. The second-order valence-corrected chi connectivity index (χ2v) is 5.07. The van der Waals surface area contributed by atoms with E-state index in [4.69, 9.17) is 4.74 Å². The zero-order chi connectivity index (χ0) is 14.7. The molecule has 0 unspecified atom stereocenters. The second-order valence-electron chi connectivity index (χ2n) is 5.07. The van der Waals surface area contributed by atoms with Crippen molar-refractivity contribution in [1.82, 2.24) is 20.1 Å². The predicted octanol–water partition coefficient (Wildman–Crippen LogP) is 1.17. The zero-order valence-electron chi connectivity index (χ0n) is 12.0. The number of carbonyl (C=O) groups excluding carboxylic acids is 1.